The van der Waals surface area contributed by atoms with Gasteiger partial charge in [-0.2, -0.15) is 0 Å². The second-order valence-electron chi connectivity index (χ2n) is 7.09. The fourth-order valence-corrected chi connectivity index (χ4v) is 3.80. The number of nitrogens with one attached hydrogen (secondary N) is 1. The number of carboxylic acid groups (broad SMARTS) is 1. The maximum atomic E-state index is 13.7. The lowest BCUT2D eigenvalue weighted by molar-refractivity contribution is -0.155. The molecule has 3 rings (SSSR count). The maximum absolute atomic E-state index is 13.7. The SMILES string of the molecule is O=C(O)C1(CNC(=O)C2(c3cccc(F)c3)CCOCC2)CCOCC1. The van der Waals surface area contributed by atoms with Gasteiger partial charge in [-0.3, -0.25) is 9.59 Å². The predicted octanol–water partition coefficient (Wildman–Crippen LogP) is 1.87. The third kappa shape index (κ3) is 3.59. The van der Waals surface area contributed by atoms with Gasteiger partial charge in [0.05, 0.1) is 10.8 Å². The van der Waals surface area contributed by atoms with E-state index in [0.29, 0.717) is 57.7 Å². The monoisotopic (exact) mass is 365 g/mol. The highest BCUT2D eigenvalue weighted by atomic mass is 19.1. The van der Waals surface area contributed by atoms with Crippen LogP contribution in [-0.4, -0.2) is 50.0 Å². The number of hydrogen-bond acceptors (Lipinski definition) is 4. The van der Waals surface area contributed by atoms with Gasteiger partial charge in [0.15, 0.2) is 0 Å². The van der Waals surface area contributed by atoms with E-state index in [1.54, 1.807) is 12.1 Å². The van der Waals surface area contributed by atoms with Crippen molar-refractivity contribution in [2.24, 2.45) is 5.41 Å². The molecule has 2 saturated heterocycles. The molecule has 0 bridgehead atoms. The maximum Gasteiger partial charge on any atom is 0.311 e. The molecule has 2 fully saturated rings. The number of aliphatic carboxylic acids is 1. The van der Waals surface area contributed by atoms with Crippen LogP contribution in [0.25, 0.3) is 0 Å². The molecule has 1 amide bonds. The first-order valence-corrected chi connectivity index (χ1v) is 8.92. The van der Waals surface area contributed by atoms with Gasteiger partial charge in [-0.25, -0.2) is 4.39 Å². The lowest BCUT2D eigenvalue weighted by Gasteiger charge is -2.38. The summed E-state index contributed by atoms with van der Waals surface area (Å²) in [5.41, 5.74) is -1.30. The molecule has 6 nitrogen and oxygen atoms in total. The second kappa shape index (κ2) is 7.72. The van der Waals surface area contributed by atoms with E-state index in [-0.39, 0.29) is 12.5 Å². The van der Waals surface area contributed by atoms with Crippen LogP contribution in [0.15, 0.2) is 24.3 Å². The molecule has 1 aromatic carbocycles. The summed E-state index contributed by atoms with van der Waals surface area (Å²) < 4.78 is 24.4. The number of ether oxygens (including phenoxy) is 2. The standard InChI is InChI=1S/C19H24FNO5/c20-15-3-1-2-14(12-15)19(6-10-26-11-7-19)16(22)21-13-18(17(23)24)4-8-25-9-5-18/h1-3,12H,4-11,13H2,(H,21,22)(H,23,24). The Kier molecular flexibility index (Phi) is 5.58. The minimum atomic E-state index is -1.01. The quantitative estimate of drug-likeness (QED) is 0.832. The Morgan fingerprint density at radius 1 is 1.08 bits per heavy atom. The van der Waals surface area contributed by atoms with Gasteiger partial charge in [-0.15, -0.1) is 0 Å². The number of carboxylic acids is 1. The summed E-state index contributed by atoms with van der Waals surface area (Å²) in [7, 11) is 0. The topological polar surface area (TPSA) is 84.9 Å². The lowest BCUT2D eigenvalue weighted by atomic mass is 9.72. The number of carbonyl (C=O) groups is 2. The van der Waals surface area contributed by atoms with E-state index in [9.17, 15) is 19.1 Å². The van der Waals surface area contributed by atoms with E-state index in [1.807, 2.05) is 0 Å². The largest absolute Gasteiger partial charge is 0.481 e. The number of hydrogen-bond donors (Lipinski definition) is 2. The fourth-order valence-electron chi connectivity index (χ4n) is 3.80. The summed E-state index contributed by atoms with van der Waals surface area (Å²) in [5.74, 6) is -1.58. The van der Waals surface area contributed by atoms with Crippen molar-refractivity contribution in [3.63, 3.8) is 0 Å². The molecule has 0 saturated carbocycles. The van der Waals surface area contributed by atoms with Crippen LogP contribution in [0.4, 0.5) is 4.39 Å². The number of amides is 1. The summed E-state index contributed by atoms with van der Waals surface area (Å²) in [5, 5.41) is 12.5. The molecule has 0 unspecified atom stereocenters. The summed E-state index contributed by atoms with van der Waals surface area (Å²) in [4.78, 5) is 24.9. The van der Waals surface area contributed by atoms with Crippen molar-refractivity contribution in [3.05, 3.63) is 35.6 Å². The summed E-state index contributed by atoms with van der Waals surface area (Å²) >= 11 is 0. The second-order valence-corrected chi connectivity index (χ2v) is 7.09. The molecule has 7 heteroatoms. The van der Waals surface area contributed by atoms with Gasteiger partial charge in [0.25, 0.3) is 0 Å². The molecule has 2 N–H and O–H groups in total. The minimum Gasteiger partial charge on any atom is -0.481 e. The zero-order chi connectivity index (χ0) is 18.6. The third-order valence-corrected chi connectivity index (χ3v) is 5.65. The molecule has 0 atom stereocenters. The van der Waals surface area contributed by atoms with Crippen molar-refractivity contribution < 1.29 is 28.6 Å². The molecule has 0 spiro atoms. The smallest absolute Gasteiger partial charge is 0.311 e. The van der Waals surface area contributed by atoms with Crippen LogP contribution in [0.1, 0.15) is 31.2 Å². The molecule has 142 valence electrons. The van der Waals surface area contributed by atoms with Gasteiger partial charge in [0.1, 0.15) is 5.82 Å². The van der Waals surface area contributed by atoms with Crippen LogP contribution in [0, 0.1) is 11.2 Å². The molecule has 2 heterocycles. The molecule has 0 aliphatic carbocycles. The molecular formula is C19H24FNO5. The molecule has 0 radical (unpaired) electrons. The summed E-state index contributed by atoms with van der Waals surface area (Å²) in [6.07, 6.45) is 1.59. The third-order valence-electron chi connectivity index (χ3n) is 5.65. The number of halogens is 1. The van der Waals surface area contributed by atoms with Crippen LogP contribution in [0.3, 0.4) is 0 Å². The zero-order valence-corrected chi connectivity index (χ0v) is 14.6. The average Bonchev–Trinajstić information content (AvgIpc) is 2.67. The Morgan fingerprint density at radius 2 is 1.69 bits per heavy atom. The average molecular weight is 365 g/mol. The van der Waals surface area contributed by atoms with Crippen LogP contribution >= 0.6 is 0 Å². The first-order chi connectivity index (χ1) is 12.5. The van der Waals surface area contributed by atoms with Gasteiger partial charge < -0.3 is 19.9 Å². The minimum absolute atomic E-state index is 0.0441. The van der Waals surface area contributed by atoms with Gasteiger partial charge in [-0.1, -0.05) is 12.1 Å². The Hall–Kier alpha value is -1.99. The predicted molar refractivity (Wildman–Crippen MR) is 91.3 cm³/mol. The molecular weight excluding hydrogens is 341 g/mol. The van der Waals surface area contributed by atoms with Crippen LogP contribution in [-0.2, 0) is 24.5 Å². The van der Waals surface area contributed by atoms with Crippen LogP contribution in [0.5, 0.6) is 0 Å². The van der Waals surface area contributed by atoms with Crippen molar-refractivity contribution in [3.8, 4) is 0 Å². The van der Waals surface area contributed by atoms with Gasteiger partial charge in [0, 0.05) is 33.0 Å². The highest BCUT2D eigenvalue weighted by molar-refractivity contribution is 5.89. The first kappa shape index (κ1) is 18.8. The normalized spacial score (nSPS) is 21.7. The number of benzene rings is 1. The van der Waals surface area contributed by atoms with Crippen LogP contribution in [0.2, 0.25) is 0 Å². The highest BCUT2D eigenvalue weighted by Gasteiger charge is 2.45. The fraction of sp³-hybridized carbons (Fsp3) is 0.579. The van der Waals surface area contributed by atoms with E-state index in [4.69, 9.17) is 9.47 Å². The first-order valence-electron chi connectivity index (χ1n) is 8.92. The van der Waals surface area contributed by atoms with Gasteiger partial charge in [0.2, 0.25) is 5.91 Å². The Balaban J connectivity index is 1.81. The Labute approximate surface area is 151 Å². The van der Waals surface area contributed by atoms with Crippen molar-refractivity contribution >= 4 is 11.9 Å². The molecule has 2 aliphatic rings. The molecule has 2 aliphatic heterocycles. The molecule has 1 aromatic rings. The van der Waals surface area contributed by atoms with Gasteiger partial charge in [-0.05, 0) is 43.4 Å². The Bertz CT molecular complexity index is 666. The summed E-state index contributed by atoms with van der Waals surface area (Å²) in [6.45, 7) is 1.59. The van der Waals surface area contributed by atoms with E-state index in [1.165, 1.54) is 12.1 Å². The van der Waals surface area contributed by atoms with E-state index in [2.05, 4.69) is 5.32 Å². The van der Waals surface area contributed by atoms with E-state index in [0.717, 1.165) is 0 Å². The molecule has 26 heavy (non-hydrogen) atoms. The highest BCUT2D eigenvalue weighted by Crippen LogP contribution is 2.36. The number of carbonyl (C=O) groups excluding carboxylic acids is 1. The van der Waals surface area contributed by atoms with E-state index >= 15 is 0 Å². The van der Waals surface area contributed by atoms with Crippen LogP contribution < -0.4 is 5.32 Å². The van der Waals surface area contributed by atoms with E-state index < -0.39 is 22.6 Å². The van der Waals surface area contributed by atoms with Crippen molar-refractivity contribution in [2.45, 2.75) is 31.1 Å². The van der Waals surface area contributed by atoms with Crippen molar-refractivity contribution in [1.82, 2.24) is 5.32 Å². The Morgan fingerprint density at radius 3 is 2.27 bits per heavy atom. The summed E-state index contributed by atoms with van der Waals surface area (Å²) in [6, 6.07) is 6.06. The number of rotatable bonds is 5. The lowest BCUT2D eigenvalue weighted by Crippen LogP contribution is -2.53. The molecule has 0 aromatic heterocycles. The van der Waals surface area contributed by atoms with Crippen molar-refractivity contribution in [1.29, 1.82) is 0 Å². The van der Waals surface area contributed by atoms with Crippen molar-refractivity contribution in [2.75, 3.05) is 33.0 Å². The zero-order valence-electron chi connectivity index (χ0n) is 14.6. The van der Waals surface area contributed by atoms with Gasteiger partial charge >= 0.3 is 5.97 Å².